The molecular formula is C59H37N5. The van der Waals surface area contributed by atoms with E-state index in [1.165, 1.54) is 10.8 Å². The van der Waals surface area contributed by atoms with Gasteiger partial charge in [-0.15, -0.1) is 0 Å². The van der Waals surface area contributed by atoms with Crippen LogP contribution < -0.4 is 0 Å². The van der Waals surface area contributed by atoms with E-state index in [1.807, 2.05) is 48.5 Å². The Kier molecular flexibility index (Phi) is 8.81. The highest BCUT2D eigenvalue weighted by Gasteiger charge is 2.24. The molecule has 0 bridgehead atoms. The molecule has 9 aromatic carbocycles. The average molecular weight is 816 g/mol. The number of rotatable bonds is 7. The first-order chi connectivity index (χ1) is 31.7. The van der Waals surface area contributed by atoms with Crippen LogP contribution >= 0.6 is 0 Å². The molecule has 0 aliphatic heterocycles. The van der Waals surface area contributed by atoms with Crippen molar-refractivity contribution in [1.29, 1.82) is 5.26 Å². The van der Waals surface area contributed by atoms with Crippen molar-refractivity contribution in [2.75, 3.05) is 0 Å². The van der Waals surface area contributed by atoms with Crippen molar-refractivity contribution in [2.24, 2.45) is 0 Å². The van der Waals surface area contributed by atoms with Crippen molar-refractivity contribution in [3.63, 3.8) is 0 Å². The SMILES string of the molecule is N#Cc1ccccc1-c1ccc2c(c1)c1ccccc1n2-c1cccc(-c2cc(-c3ccccc3)nc(-c3ccccc3)n2)c1-c1ccccc1-n1c2ccccc2c2ccccc21. The summed E-state index contributed by atoms with van der Waals surface area (Å²) < 4.78 is 4.82. The number of aromatic nitrogens is 4. The van der Waals surface area contributed by atoms with E-state index in [1.54, 1.807) is 0 Å². The lowest BCUT2D eigenvalue weighted by Gasteiger charge is -2.22. The molecule has 3 heterocycles. The second-order valence-electron chi connectivity index (χ2n) is 16.0. The van der Waals surface area contributed by atoms with Crippen molar-refractivity contribution in [3.8, 4) is 73.6 Å². The summed E-state index contributed by atoms with van der Waals surface area (Å²) >= 11 is 0. The molecule has 0 radical (unpaired) electrons. The Bertz CT molecular complexity index is 3690. The molecule has 12 rings (SSSR count). The number of nitriles is 1. The lowest BCUT2D eigenvalue weighted by atomic mass is 9.93. The third-order valence-corrected chi connectivity index (χ3v) is 12.4. The van der Waals surface area contributed by atoms with E-state index in [2.05, 4.69) is 191 Å². The summed E-state index contributed by atoms with van der Waals surface area (Å²) in [4.78, 5) is 10.6. The predicted octanol–water partition coefficient (Wildman–Crippen LogP) is 14.9. The molecule has 3 aromatic heterocycles. The first kappa shape index (κ1) is 37.0. The molecule has 0 atom stereocenters. The molecule has 5 nitrogen and oxygen atoms in total. The van der Waals surface area contributed by atoms with E-state index >= 15 is 0 Å². The summed E-state index contributed by atoms with van der Waals surface area (Å²) in [6.07, 6.45) is 0. The Morgan fingerprint density at radius 1 is 0.344 bits per heavy atom. The third-order valence-electron chi connectivity index (χ3n) is 12.4. The Balaban J connectivity index is 1.20. The molecule has 0 N–H and O–H groups in total. The molecule has 12 aromatic rings. The molecule has 64 heavy (non-hydrogen) atoms. The van der Waals surface area contributed by atoms with E-state index < -0.39 is 0 Å². The van der Waals surface area contributed by atoms with E-state index in [0.717, 1.165) is 94.5 Å². The molecule has 0 saturated carbocycles. The van der Waals surface area contributed by atoms with Gasteiger partial charge < -0.3 is 9.13 Å². The standard InChI is InChI=1S/C59H37N5/c60-38-42-22-7-8-23-43(42)41-34-35-56-49(36-41)46-26-11-15-31-54(46)64(56)57-33-17-28-47(51-37-50(39-18-3-1-4-19-39)61-59(62-51)40-20-5-2-6-21-40)58(57)48-27-12-16-32-55(48)63-52-29-13-9-24-44(52)45-25-10-14-30-53(45)63/h1-37H. The van der Waals surface area contributed by atoms with Gasteiger partial charge in [0.1, 0.15) is 0 Å². The predicted molar refractivity (Wildman–Crippen MR) is 263 cm³/mol. The summed E-state index contributed by atoms with van der Waals surface area (Å²) in [5.41, 5.74) is 15.8. The monoisotopic (exact) mass is 815 g/mol. The summed E-state index contributed by atoms with van der Waals surface area (Å²) in [5.74, 6) is 0.658. The van der Waals surface area contributed by atoms with Crippen LogP contribution in [0.1, 0.15) is 5.56 Å². The molecule has 0 aliphatic carbocycles. The number of hydrogen-bond acceptors (Lipinski definition) is 3. The summed E-state index contributed by atoms with van der Waals surface area (Å²) in [7, 11) is 0. The second kappa shape index (κ2) is 15.3. The lowest BCUT2D eigenvalue weighted by molar-refractivity contribution is 1.15. The van der Waals surface area contributed by atoms with Crippen LogP contribution in [0.15, 0.2) is 224 Å². The molecule has 0 unspecified atom stereocenters. The minimum absolute atomic E-state index is 0.650. The van der Waals surface area contributed by atoms with Gasteiger partial charge in [0.05, 0.1) is 56.5 Å². The molecule has 0 fully saturated rings. The second-order valence-corrected chi connectivity index (χ2v) is 16.0. The molecule has 0 amide bonds. The maximum atomic E-state index is 10.1. The van der Waals surface area contributed by atoms with Gasteiger partial charge in [-0.3, -0.25) is 0 Å². The Morgan fingerprint density at radius 3 is 1.53 bits per heavy atom. The Labute approximate surface area is 370 Å². The van der Waals surface area contributed by atoms with E-state index in [9.17, 15) is 5.26 Å². The van der Waals surface area contributed by atoms with Crippen LogP contribution in [-0.4, -0.2) is 19.1 Å². The van der Waals surface area contributed by atoms with Crippen molar-refractivity contribution in [3.05, 3.63) is 230 Å². The van der Waals surface area contributed by atoms with Gasteiger partial charge >= 0.3 is 0 Å². The number of nitrogens with zero attached hydrogens (tertiary/aromatic N) is 5. The fourth-order valence-electron chi connectivity index (χ4n) is 9.58. The van der Waals surface area contributed by atoms with Crippen LogP contribution in [0.25, 0.3) is 111 Å². The van der Waals surface area contributed by atoms with Crippen molar-refractivity contribution in [2.45, 2.75) is 0 Å². The molecule has 5 heteroatoms. The summed E-state index contributed by atoms with van der Waals surface area (Å²) in [5, 5.41) is 14.7. The first-order valence-corrected chi connectivity index (χ1v) is 21.5. The zero-order chi connectivity index (χ0) is 42.6. The highest BCUT2D eigenvalue weighted by atomic mass is 15.0. The van der Waals surface area contributed by atoms with Gasteiger partial charge in [-0.2, -0.15) is 5.26 Å². The third kappa shape index (κ3) is 6.00. The fraction of sp³-hybridized carbons (Fsp3) is 0. The van der Waals surface area contributed by atoms with Crippen molar-refractivity contribution < 1.29 is 0 Å². The number of para-hydroxylation sites is 4. The van der Waals surface area contributed by atoms with Gasteiger partial charge in [-0.25, -0.2) is 9.97 Å². The topological polar surface area (TPSA) is 59.4 Å². The average Bonchev–Trinajstić information content (AvgIpc) is 3.89. The van der Waals surface area contributed by atoms with Crippen LogP contribution in [0.4, 0.5) is 0 Å². The van der Waals surface area contributed by atoms with Crippen LogP contribution in [0.2, 0.25) is 0 Å². The van der Waals surface area contributed by atoms with Gasteiger partial charge in [-0.1, -0.05) is 170 Å². The largest absolute Gasteiger partial charge is 0.309 e. The van der Waals surface area contributed by atoms with Gasteiger partial charge in [0, 0.05) is 49.4 Å². The van der Waals surface area contributed by atoms with E-state index in [4.69, 9.17) is 9.97 Å². The van der Waals surface area contributed by atoms with E-state index in [-0.39, 0.29) is 0 Å². The number of hydrogen-bond donors (Lipinski definition) is 0. The summed E-state index contributed by atoms with van der Waals surface area (Å²) in [6.45, 7) is 0. The smallest absolute Gasteiger partial charge is 0.160 e. The van der Waals surface area contributed by atoms with Crippen LogP contribution in [0, 0.1) is 11.3 Å². The van der Waals surface area contributed by atoms with Gasteiger partial charge in [-0.05, 0) is 65.7 Å². The van der Waals surface area contributed by atoms with Crippen LogP contribution in [0.3, 0.4) is 0 Å². The minimum atomic E-state index is 0.650. The molecule has 298 valence electrons. The zero-order valence-corrected chi connectivity index (χ0v) is 34.6. The molecule has 0 spiro atoms. The molecule has 0 saturated heterocycles. The van der Waals surface area contributed by atoms with Gasteiger partial charge in [0.2, 0.25) is 0 Å². The van der Waals surface area contributed by atoms with Crippen molar-refractivity contribution in [1.82, 2.24) is 19.1 Å². The van der Waals surface area contributed by atoms with Crippen molar-refractivity contribution >= 4 is 43.6 Å². The fourth-order valence-corrected chi connectivity index (χ4v) is 9.58. The zero-order valence-electron chi connectivity index (χ0n) is 34.6. The quantitative estimate of drug-likeness (QED) is 0.161. The van der Waals surface area contributed by atoms with Crippen LogP contribution in [0.5, 0.6) is 0 Å². The highest BCUT2D eigenvalue weighted by molar-refractivity contribution is 6.13. The van der Waals surface area contributed by atoms with E-state index in [0.29, 0.717) is 11.4 Å². The Morgan fingerprint density at radius 2 is 0.844 bits per heavy atom. The lowest BCUT2D eigenvalue weighted by Crippen LogP contribution is -2.04. The summed E-state index contributed by atoms with van der Waals surface area (Å²) in [6, 6.07) is 80.9. The highest BCUT2D eigenvalue weighted by Crippen LogP contribution is 2.45. The minimum Gasteiger partial charge on any atom is -0.309 e. The maximum Gasteiger partial charge on any atom is 0.160 e. The molecular weight excluding hydrogens is 779 g/mol. The first-order valence-electron chi connectivity index (χ1n) is 21.5. The van der Waals surface area contributed by atoms with Gasteiger partial charge in [0.15, 0.2) is 5.82 Å². The normalized spacial score (nSPS) is 11.4. The number of fused-ring (bicyclic) bond motifs is 6. The maximum absolute atomic E-state index is 10.1. The Hall–Kier alpha value is -8.85. The van der Waals surface area contributed by atoms with Crippen LogP contribution in [-0.2, 0) is 0 Å². The number of benzene rings is 9. The van der Waals surface area contributed by atoms with Gasteiger partial charge in [0.25, 0.3) is 0 Å². The molecule has 0 aliphatic rings.